The molecule has 0 saturated carbocycles. The van der Waals surface area contributed by atoms with E-state index in [4.69, 9.17) is 4.42 Å². The van der Waals surface area contributed by atoms with E-state index in [0.29, 0.717) is 22.1 Å². The summed E-state index contributed by atoms with van der Waals surface area (Å²) in [6, 6.07) is 12.4. The molecule has 0 aliphatic rings. The van der Waals surface area contributed by atoms with Gasteiger partial charge in [-0.25, -0.2) is 8.42 Å². The summed E-state index contributed by atoms with van der Waals surface area (Å²) in [5, 5.41) is 11.6. The molecule has 0 aliphatic carbocycles. The Balaban J connectivity index is 2.01. The Morgan fingerprint density at radius 3 is 2.55 bits per heavy atom. The molecular formula is C20H20N2O6S. The fourth-order valence-corrected chi connectivity index (χ4v) is 3.95. The van der Waals surface area contributed by atoms with Crippen LogP contribution in [-0.2, 0) is 15.6 Å². The van der Waals surface area contributed by atoms with Crippen molar-refractivity contribution in [3.05, 3.63) is 75.5 Å². The summed E-state index contributed by atoms with van der Waals surface area (Å²) in [6.07, 6.45) is 1.10. The summed E-state index contributed by atoms with van der Waals surface area (Å²) in [6.45, 7) is 1.73. The van der Waals surface area contributed by atoms with Crippen LogP contribution in [0.3, 0.4) is 0 Å². The molecule has 1 atom stereocenters. The Kier molecular flexibility index (Phi) is 5.43. The summed E-state index contributed by atoms with van der Waals surface area (Å²) in [5.41, 5.74) is 1.24. The van der Waals surface area contributed by atoms with Gasteiger partial charge in [0.15, 0.2) is 15.6 Å². The summed E-state index contributed by atoms with van der Waals surface area (Å²) in [7, 11) is -1.87. The number of nitro benzene ring substituents is 1. The topological polar surface area (TPSA) is 111 Å². The first-order valence-corrected chi connectivity index (χ1v) is 10.8. The van der Waals surface area contributed by atoms with E-state index in [1.807, 2.05) is 0 Å². The molecule has 1 unspecified atom stereocenters. The lowest BCUT2D eigenvalue weighted by atomic mass is 10.1. The quantitative estimate of drug-likeness (QED) is 0.447. The van der Waals surface area contributed by atoms with Crippen LogP contribution >= 0.6 is 0 Å². The SMILES string of the molecule is CC(c1cccc([N+](=O)[O-])c1)N(C)C(=O)c1oc2ccccc2c1CS(C)(=O)=O. The number of rotatable bonds is 6. The van der Waals surface area contributed by atoms with Crippen LogP contribution in [0.25, 0.3) is 11.0 Å². The number of carbonyl (C=O) groups excluding carboxylic acids is 1. The number of fused-ring (bicyclic) bond motifs is 1. The zero-order valence-corrected chi connectivity index (χ0v) is 17.0. The number of benzene rings is 2. The van der Waals surface area contributed by atoms with Crippen molar-refractivity contribution in [2.45, 2.75) is 18.7 Å². The number of amides is 1. The molecule has 0 aliphatic heterocycles. The average molecular weight is 416 g/mol. The third kappa shape index (κ3) is 4.29. The minimum atomic E-state index is -3.41. The molecule has 0 saturated heterocycles. The predicted octanol–water partition coefficient (Wildman–Crippen LogP) is 3.72. The van der Waals surface area contributed by atoms with E-state index in [9.17, 15) is 23.3 Å². The number of nitrogens with zero attached hydrogens (tertiary/aromatic N) is 2. The highest BCUT2D eigenvalue weighted by molar-refractivity contribution is 7.89. The maximum absolute atomic E-state index is 13.2. The summed E-state index contributed by atoms with van der Waals surface area (Å²) < 4.78 is 29.5. The van der Waals surface area contributed by atoms with Crippen LogP contribution < -0.4 is 0 Å². The third-order valence-corrected chi connectivity index (χ3v) is 5.58. The van der Waals surface area contributed by atoms with Crippen molar-refractivity contribution in [1.82, 2.24) is 4.90 Å². The molecule has 0 fully saturated rings. The van der Waals surface area contributed by atoms with Crippen molar-refractivity contribution >= 4 is 32.4 Å². The van der Waals surface area contributed by atoms with E-state index >= 15 is 0 Å². The van der Waals surface area contributed by atoms with E-state index < -0.39 is 26.7 Å². The smallest absolute Gasteiger partial charge is 0.290 e. The second-order valence-corrected chi connectivity index (χ2v) is 9.06. The summed E-state index contributed by atoms with van der Waals surface area (Å²) in [4.78, 5) is 25.1. The highest BCUT2D eigenvalue weighted by Gasteiger charge is 2.28. The van der Waals surface area contributed by atoms with Gasteiger partial charge < -0.3 is 9.32 Å². The lowest BCUT2D eigenvalue weighted by molar-refractivity contribution is -0.384. The van der Waals surface area contributed by atoms with Crippen LogP contribution in [0.2, 0.25) is 0 Å². The molecule has 0 N–H and O–H groups in total. The van der Waals surface area contributed by atoms with Gasteiger partial charge >= 0.3 is 0 Å². The first-order valence-electron chi connectivity index (χ1n) is 8.78. The molecular weight excluding hydrogens is 396 g/mol. The van der Waals surface area contributed by atoms with Gasteiger partial charge in [0.2, 0.25) is 0 Å². The van der Waals surface area contributed by atoms with Crippen LogP contribution in [0.1, 0.15) is 34.6 Å². The Morgan fingerprint density at radius 2 is 1.90 bits per heavy atom. The molecule has 0 bridgehead atoms. The van der Waals surface area contributed by atoms with Gasteiger partial charge in [-0.3, -0.25) is 14.9 Å². The Morgan fingerprint density at radius 1 is 1.21 bits per heavy atom. The summed E-state index contributed by atoms with van der Waals surface area (Å²) in [5.74, 6) is -0.875. The number of non-ortho nitro benzene ring substituents is 1. The Labute approximate surface area is 167 Å². The Hall–Kier alpha value is -3.20. The largest absolute Gasteiger partial charge is 0.451 e. The zero-order chi connectivity index (χ0) is 21.3. The van der Waals surface area contributed by atoms with Crippen LogP contribution in [0, 0.1) is 10.1 Å². The van der Waals surface area contributed by atoms with Crippen LogP contribution in [-0.4, -0.2) is 37.5 Å². The van der Waals surface area contributed by atoms with E-state index in [-0.39, 0.29) is 17.2 Å². The predicted molar refractivity (Wildman–Crippen MR) is 108 cm³/mol. The molecule has 1 heterocycles. The van der Waals surface area contributed by atoms with Gasteiger partial charge in [-0.2, -0.15) is 0 Å². The molecule has 8 nitrogen and oxygen atoms in total. The number of nitro groups is 1. The number of hydrogen-bond donors (Lipinski definition) is 0. The van der Waals surface area contributed by atoms with Crippen molar-refractivity contribution in [2.24, 2.45) is 0 Å². The van der Waals surface area contributed by atoms with Gasteiger partial charge in [-0.05, 0) is 18.6 Å². The molecule has 152 valence electrons. The Bertz CT molecular complexity index is 1200. The van der Waals surface area contributed by atoms with Crippen molar-refractivity contribution in [3.8, 4) is 0 Å². The molecule has 0 spiro atoms. The van der Waals surface area contributed by atoms with E-state index in [1.165, 1.54) is 17.0 Å². The number of sulfone groups is 1. The molecule has 1 amide bonds. The lowest BCUT2D eigenvalue weighted by Crippen LogP contribution is -2.30. The van der Waals surface area contributed by atoms with E-state index in [2.05, 4.69) is 0 Å². The highest BCUT2D eigenvalue weighted by Crippen LogP contribution is 2.31. The molecule has 9 heteroatoms. The van der Waals surface area contributed by atoms with Gasteiger partial charge in [-0.1, -0.05) is 30.3 Å². The second kappa shape index (κ2) is 7.67. The van der Waals surface area contributed by atoms with Gasteiger partial charge in [0.05, 0.1) is 16.7 Å². The van der Waals surface area contributed by atoms with Crippen LogP contribution in [0.4, 0.5) is 5.69 Å². The van der Waals surface area contributed by atoms with Crippen molar-refractivity contribution in [1.29, 1.82) is 0 Å². The number of carbonyl (C=O) groups is 1. The van der Waals surface area contributed by atoms with E-state index in [1.54, 1.807) is 50.4 Å². The lowest BCUT2D eigenvalue weighted by Gasteiger charge is -2.24. The van der Waals surface area contributed by atoms with Gasteiger partial charge in [0.1, 0.15) is 5.58 Å². The molecule has 1 aromatic heterocycles. The van der Waals surface area contributed by atoms with Gasteiger partial charge in [0.25, 0.3) is 11.6 Å². The van der Waals surface area contributed by atoms with E-state index in [0.717, 1.165) is 6.26 Å². The number of para-hydroxylation sites is 1. The van der Waals surface area contributed by atoms with Crippen molar-refractivity contribution in [2.75, 3.05) is 13.3 Å². The normalized spacial score (nSPS) is 12.7. The molecule has 3 aromatic rings. The number of hydrogen-bond acceptors (Lipinski definition) is 6. The minimum absolute atomic E-state index is 0.0450. The molecule has 3 rings (SSSR count). The first-order chi connectivity index (χ1) is 13.6. The maximum Gasteiger partial charge on any atom is 0.290 e. The average Bonchev–Trinajstić information content (AvgIpc) is 3.03. The van der Waals surface area contributed by atoms with Crippen molar-refractivity contribution in [3.63, 3.8) is 0 Å². The van der Waals surface area contributed by atoms with Crippen LogP contribution in [0.5, 0.6) is 0 Å². The molecule has 2 aromatic carbocycles. The molecule has 29 heavy (non-hydrogen) atoms. The molecule has 0 radical (unpaired) electrons. The van der Waals surface area contributed by atoms with Gasteiger partial charge in [-0.15, -0.1) is 0 Å². The fourth-order valence-electron chi connectivity index (χ4n) is 3.13. The fraction of sp³-hybridized carbons (Fsp3) is 0.250. The van der Waals surface area contributed by atoms with Gasteiger partial charge in [0, 0.05) is 36.4 Å². The minimum Gasteiger partial charge on any atom is -0.451 e. The zero-order valence-electron chi connectivity index (χ0n) is 16.2. The maximum atomic E-state index is 13.2. The first kappa shape index (κ1) is 20.5. The van der Waals surface area contributed by atoms with Crippen molar-refractivity contribution < 1.29 is 22.6 Å². The second-order valence-electron chi connectivity index (χ2n) is 6.92. The van der Waals surface area contributed by atoms with Crippen LogP contribution in [0.15, 0.2) is 52.9 Å². The number of furan rings is 1. The highest BCUT2D eigenvalue weighted by atomic mass is 32.2. The summed E-state index contributed by atoms with van der Waals surface area (Å²) >= 11 is 0. The monoisotopic (exact) mass is 416 g/mol. The standard InChI is InChI=1S/C20H20N2O6S/c1-13(14-7-6-8-15(11-14)22(24)25)21(2)20(23)19-17(12-29(3,26)27)16-9-4-5-10-18(16)28-19/h4-11,13H,12H2,1-3H3. The third-order valence-electron chi connectivity index (χ3n) is 4.76.